The first-order chi connectivity index (χ1) is 12.4. The Morgan fingerprint density at radius 1 is 1.04 bits per heavy atom. The van der Waals surface area contributed by atoms with Gasteiger partial charge in [-0.25, -0.2) is 0 Å². The Kier molecular flexibility index (Phi) is 7.03. The minimum atomic E-state index is -0.556. The largest absolute Gasteiger partial charge is 0.463 e. The molecule has 0 radical (unpaired) electrons. The number of ether oxygens (including phenoxy) is 2. The second-order valence-electron chi connectivity index (χ2n) is 6.32. The molecule has 140 valence electrons. The number of nitrogens with zero attached hydrogens (tertiary/aromatic N) is 1. The highest BCUT2D eigenvalue weighted by molar-refractivity contribution is 6.21. The van der Waals surface area contributed by atoms with E-state index in [-0.39, 0.29) is 36.7 Å². The maximum atomic E-state index is 12.2. The maximum Gasteiger partial charge on any atom is 0.313 e. The molecule has 0 bridgehead atoms. The molecule has 1 aliphatic rings. The molecule has 26 heavy (non-hydrogen) atoms. The van der Waals surface area contributed by atoms with Gasteiger partial charge in [-0.05, 0) is 38.8 Å². The fourth-order valence-electron chi connectivity index (χ4n) is 2.62. The van der Waals surface area contributed by atoms with Crippen LogP contribution in [0.15, 0.2) is 24.3 Å². The van der Waals surface area contributed by atoms with E-state index in [0.29, 0.717) is 37.1 Å². The lowest BCUT2D eigenvalue weighted by atomic mass is 10.1. The summed E-state index contributed by atoms with van der Waals surface area (Å²) in [7, 11) is 0. The SMILES string of the molecule is CC(C)OC(=O)CC(=O)COCCCCN1C(=O)c2ccccc2C1=O. The van der Waals surface area contributed by atoms with E-state index in [1.165, 1.54) is 4.90 Å². The molecule has 0 saturated carbocycles. The van der Waals surface area contributed by atoms with Crippen molar-refractivity contribution in [2.24, 2.45) is 0 Å². The lowest BCUT2D eigenvalue weighted by Gasteiger charge is -2.13. The first-order valence-corrected chi connectivity index (χ1v) is 8.64. The number of carbonyl (C=O) groups is 4. The van der Waals surface area contributed by atoms with Crippen molar-refractivity contribution < 1.29 is 28.7 Å². The molecule has 2 amide bonds. The maximum absolute atomic E-state index is 12.2. The normalized spacial score (nSPS) is 13.3. The quantitative estimate of drug-likeness (QED) is 0.274. The number of ketones is 1. The van der Waals surface area contributed by atoms with E-state index >= 15 is 0 Å². The first kappa shape index (κ1) is 19.8. The number of imide groups is 1. The summed E-state index contributed by atoms with van der Waals surface area (Å²) in [5.41, 5.74) is 0.875. The van der Waals surface area contributed by atoms with E-state index in [1.54, 1.807) is 38.1 Å². The number of carbonyl (C=O) groups excluding carboxylic acids is 4. The molecule has 2 rings (SSSR count). The van der Waals surface area contributed by atoms with E-state index in [4.69, 9.17) is 9.47 Å². The Bertz CT molecular complexity index is 662. The van der Waals surface area contributed by atoms with Gasteiger partial charge in [0.2, 0.25) is 0 Å². The lowest BCUT2D eigenvalue weighted by molar-refractivity contribution is -0.150. The van der Waals surface area contributed by atoms with Gasteiger partial charge >= 0.3 is 5.97 Å². The summed E-state index contributed by atoms with van der Waals surface area (Å²) < 4.78 is 10.1. The van der Waals surface area contributed by atoms with Gasteiger partial charge in [0.05, 0.1) is 17.2 Å². The highest BCUT2D eigenvalue weighted by atomic mass is 16.5. The summed E-state index contributed by atoms with van der Waals surface area (Å²) in [6.07, 6.45) is 0.623. The van der Waals surface area contributed by atoms with Crippen LogP contribution >= 0.6 is 0 Å². The third-order valence-electron chi connectivity index (χ3n) is 3.77. The van der Waals surface area contributed by atoms with Gasteiger partial charge in [0.15, 0.2) is 5.78 Å². The summed E-state index contributed by atoms with van der Waals surface area (Å²) >= 11 is 0. The zero-order chi connectivity index (χ0) is 19.1. The van der Waals surface area contributed by atoms with Crippen molar-refractivity contribution in [1.29, 1.82) is 0 Å². The zero-order valence-electron chi connectivity index (χ0n) is 15.0. The van der Waals surface area contributed by atoms with Gasteiger partial charge in [-0.2, -0.15) is 0 Å². The number of Topliss-reactive ketones (excluding diaryl/α,β-unsaturated/α-hetero) is 1. The molecule has 1 heterocycles. The number of unbranched alkanes of at least 4 members (excludes halogenated alkanes) is 1. The Morgan fingerprint density at radius 3 is 2.23 bits per heavy atom. The minimum Gasteiger partial charge on any atom is -0.463 e. The van der Waals surface area contributed by atoms with Gasteiger partial charge in [-0.15, -0.1) is 0 Å². The number of hydrogen-bond donors (Lipinski definition) is 0. The van der Waals surface area contributed by atoms with Crippen LogP contribution in [0.3, 0.4) is 0 Å². The standard InChI is InChI=1S/C19H23NO6/c1-13(2)26-17(22)11-14(21)12-25-10-6-5-9-20-18(23)15-7-3-4-8-16(15)19(20)24/h3-4,7-8,13H,5-6,9-12H2,1-2H3. The molecule has 0 fully saturated rings. The van der Waals surface area contributed by atoms with Crippen LogP contribution in [0.2, 0.25) is 0 Å². The Labute approximate surface area is 152 Å². The average molecular weight is 361 g/mol. The van der Waals surface area contributed by atoms with Crippen molar-refractivity contribution in [2.75, 3.05) is 19.8 Å². The molecule has 7 nitrogen and oxygen atoms in total. The molecule has 0 N–H and O–H groups in total. The molecule has 0 unspecified atom stereocenters. The van der Waals surface area contributed by atoms with Gasteiger partial charge in [-0.1, -0.05) is 12.1 Å². The van der Waals surface area contributed by atoms with E-state index in [0.717, 1.165) is 0 Å². The van der Waals surface area contributed by atoms with Crippen LogP contribution in [0.1, 0.15) is 53.8 Å². The van der Waals surface area contributed by atoms with Crippen LogP contribution in [0.25, 0.3) is 0 Å². The smallest absolute Gasteiger partial charge is 0.313 e. The molecule has 0 atom stereocenters. The number of rotatable bonds is 10. The number of hydrogen-bond acceptors (Lipinski definition) is 6. The fraction of sp³-hybridized carbons (Fsp3) is 0.474. The molecular weight excluding hydrogens is 338 g/mol. The zero-order valence-corrected chi connectivity index (χ0v) is 15.0. The molecule has 1 aliphatic heterocycles. The monoisotopic (exact) mass is 361 g/mol. The van der Waals surface area contributed by atoms with Crippen LogP contribution in [0.4, 0.5) is 0 Å². The summed E-state index contributed by atoms with van der Waals surface area (Å²) in [4.78, 5) is 48.5. The van der Waals surface area contributed by atoms with Gasteiger partial charge in [0.1, 0.15) is 13.0 Å². The average Bonchev–Trinajstić information content (AvgIpc) is 2.82. The van der Waals surface area contributed by atoms with Crippen molar-refractivity contribution in [2.45, 2.75) is 39.2 Å². The number of benzene rings is 1. The second-order valence-corrected chi connectivity index (χ2v) is 6.32. The van der Waals surface area contributed by atoms with Gasteiger partial charge in [0, 0.05) is 13.2 Å². The van der Waals surface area contributed by atoms with Gasteiger partial charge in [0.25, 0.3) is 11.8 Å². The van der Waals surface area contributed by atoms with Crippen LogP contribution in [0, 0.1) is 0 Å². The van der Waals surface area contributed by atoms with Crippen molar-refractivity contribution >= 4 is 23.6 Å². The predicted molar refractivity (Wildman–Crippen MR) is 92.7 cm³/mol. The van der Waals surface area contributed by atoms with Crippen molar-refractivity contribution in [3.8, 4) is 0 Å². The van der Waals surface area contributed by atoms with Gasteiger partial charge < -0.3 is 9.47 Å². The predicted octanol–water partition coefficient (Wildman–Crippen LogP) is 1.99. The third kappa shape index (κ3) is 5.23. The molecule has 0 aliphatic carbocycles. The van der Waals surface area contributed by atoms with Crippen LogP contribution in [-0.4, -0.2) is 54.3 Å². The summed E-state index contributed by atoms with van der Waals surface area (Å²) in [5.74, 6) is -1.44. The van der Waals surface area contributed by atoms with Gasteiger partial charge in [-0.3, -0.25) is 24.1 Å². The highest BCUT2D eigenvalue weighted by Crippen LogP contribution is 2.22. The Morgan fingerprint density at radius 2 is 1.65 bits per heavy atom. The van der Waals surface area contributed by atoms with E-state index in [2.05, 4.69) is 0 Å². The molecule has 1 aromatic carbocycles. The highest BCUT2D eigenvalue weighted by Gasteiger charge is 2.34. The Balaban J connectivity index is 1.62. The number of amides is 2. The first-order valence-electron chi connectivity index (χ1n) is 8.64. The molecule has 0 spiro atoms. The Hall–Kier alpha value is -2.54. The van der Waals surface area contributed by atoms with E-state index < -0.39 is 5.97 Å². The van der Waals surface area contributed by atoms with Crippen molar-refractivity contribution in [3.63, 3.8) is 0 Å². The van der Waals surface area contributed by atoms with Crippen LogP contribution < -0.4 is 0 Å². The summed E-state index contributed by atoms with van der Waals surface area (Å²) in [6.45, 7) is 3.90. The molecule has 0 saturated heterocycles. The van der Waals surface area contributed by atoms with Crippen molar-refractivity contribution in [3.05, 3.63) is 35.4 Å². The van der Waals surface area contributed by atoms with Crippen molar-refractivity contribution in [1.82, 2.24) is 4.90 Å². The number of esters is 1. The van der Waals surface area contributed by atoms with Crippen LogP contribution in [-0.2, 0) is 19.1 Å². The molecular formula is C19H23NO6. The number of fused-ring (bicyclic) bond motifs is 1. The topological polar surface area (TPSA) is 90.0 Å². The summed E-state index contributed by atoms with van der Waals surface area (Å²) in [6, 6.07) is 6.76. The van der Waals surface area contributed by atoms with Crippen LogP contribution in [0.5, 0.6) is 0 Å². The molecule has 0 aromatic heterocycles. The molecule has 7 heteroatoms. The van der Waals surface area contributed by atoms with E-state index in [1.807, 2.05) is 0 Å². The molecule has 1 aromatic rings. The second kappa shape index (κ2) is 9.24. The van der Waals surface area contributed by atoms with E-state index in [9.17, 15) is 19.2 Å². The fourth-order valence-corrected chi connectivity index (χ4v) is 2.62. The summed E-state index contributed by atoms with van der Waals surface area (Å²) in [5, 5.41) is 0. The third-order valence-corrected chi connectivity index (χ3v) is 3.77. The lowest BCUT2D eigenvalue weighted by Crippen LogP contribution is -2.30. The minimum absolute atomic E-state index is 0.153.